The summed E-state index contributed by atoms with van der Waals surface area (Å²) in [6, 6.07) is 8.76. The molecule has 0 aliphatic carbocycles. The van der Waals surface area contributed by atoms with Crippen LogP contribution in [-0.2, 0) is 26.2 Å². The lowest BCUT2D eigenvalue weighted by Gasteiger charge is -2.33. The van der Waals surface area contributed by atoms with Gasteiger partial charge in [-0.3, -0.25) is 13.9 Å². The van der Waals surface area contributed by atoms with Crippen LogP contribution < -0.4 is 9.62 Å². The van der Waals surface area contributed by atoms with Gasteiger partial charge < -0.3 is 10.2 Å². The Morgan fingerprint density at radius 3 is 2.18 bits per heavy atom. The molecule has 0 unspecified atom stereocenters. The average Bonchev–Trinajstić information content (AvgIpc) is 2.69. The van der Waals surface area contributed by atoms with E-state index in [1.54, 1.807) is 27.7 Å². The summed E-state index contributed by atoms with van der Waals surface area (Å²) in [5.41, 5.74) is 0.0991. The molecule has 34 heavy (non-hydrogen) atoms. The molecule has 0 saturated heterocycles. The third-order valence-corrected chi connectivity index (χ3v) is 6.45. The Bertz CT molecular complexity index is 1150. The van der Waals surface area contributed by atoms with Gasteiger partial charge in [-0.05, 0) is 63.6 Å². The van der Waals surface area contributed by atoms with Crippen molar-refractivity contribution >= 4 is 50.7 Å². The zero-order chi connectivity index (χ0) is 25.8. The maximum absolute atomic E-state index is 13.4. The summed E-state index contributed by atoms with van der Waals surface area (Å²) >= 11 is 12.1. The predicted octanol–water partition coefficient (Wildman–Crippen LogP) is 4.23. The standard InChI is InChI=1S/C23H28Cl2FN3O4S/c1-15(22(31)27-23(2,3)4)28(13-16-6-9-18(26)10-7-16)21(30)14-29(34(5,32)33)20-11-8-17(24)12-19(20)25/h6-12,15H,13-14H2,1-5H3,(H,27,31)/t15-/m1/s1. The number of carbonyl (C=O) groups is 2. The van der Waals surface area contributed by atoms with Crippen LogP contribution in [0.25, 0.3) is 0 Å². The molecule has 1 N–H and O–H groups in total. The largest absolute Gasteiger partial charge is 0.350 e. The number of anilines is 1. The topological polar surface area (TPSA) is 86.8 Å². The maximum Gasteiger partial charge on any atom is 0.244 e. The van der Waals surface area contributed by atoms with Crippen molar-refractivity contribution in [3.05, 3.63) is 63.9 Å². The van der Waals surface area contributed by atoms with Crippen LogP contribution in [0.4, 0.5) is 10.1 Å². The van der Waals surface area contributed by atoms with Crippen molar-refractivity contribution in [2.45, 2.75) is 45.8 Å². The first-order valence-corrected chi connectivity index (χ1v) is 13.0. The molecule has 0 aliphatic rings. The van der Waals surface area contributed by atoms with Gasteiger partial charge in [0.15, 0.2) is 0 Å². The van der Waals surface area contributed by atoms with Gasteiger partial charge in [0.25, 0.3) is 0 Å². The molecule has 186 valence electrons. The lowest BCUT2D eigenvalue weighted by molar-refractivity contribution is -0.140. The molecule has 11 heteroatoms. The first-order valence-electron chi connectivity index (χ1n) is 10.4. The molecule has 7 nitrogen and oxygen atoms in total. The number of hydrogen-bond acceptors (Lipinski definition) is 4. The van der Waals surface area contributed by atoms with E-state index in [4.69, 9.17) is 23.2 Å². The molecule has 1 atom stereocenters. The molecule has 0 aliphatic heterocycles. The van der Waals surface area contributed by atoms with Crippen LogP contribution in [-0.4, -0.2) is 49.5 Å². The molecular formula is C23H28Cl2FN3O4S. The van der Waals surface area contributed by atoms with E-state index in [1.807, 2.05) is 0 Å². The molecule has 2 aromatic rings. The van der Waals surface area contributed by atoms with E-state index < -0.39 is 45.8 Å². The molecule has 2 aromatic carbocycles. The highest BCUT2D eigenvalue weighted by molar-refractivity contribution is 7.92. The fourth-order valence-electron chi connectivity index (χ4n) is 3.12. The van der Waals surface area contributed by atoms with Crippen molar-refractivity contribution < 1.29 is 22.4 Å². The van der Waals surface area contributed by atoms with Crippen molar-refractivity contribution in [1.29, 1.82) is 0 Å². The predicted molar refractivity (Wildman–Crippen MR) is 133 cm³/mol. The molecule has 0 fully saturated rings. The van der Waals surface area contributed by atoms with E-state index in [2.05, 4.69) is 5.32 Å². The van der Waals surface area contributed by atoms with Crippen LogP contribution in [0.2, 0.25) is 10.0 Å². The lowest BCUT2D eigenvalue weighted by atomic mass is 10.1. The molecule has 2 amide bonds. The van der Waals surface area contributed by atoms with E-state index in [-0.39, 0.29) is 17.3 Å². The van der Waals surface area contributed by atoms with Gasteiger partial charge in [0.1, 0.15) is 18.4 Å². The smallest absolute Gasteiger partial charge is 0.244 e. The minimum Gasteiger partial charge on any atom is -0.350 e. The Labute approximate surface area is 209 Å². The summed E-state index contributed by atoms with van der Waals surface area (Å²) in [6.07, 6.45) is 0.950. The number of amides is 2. The Kier molecular flexibility index (Phi) is 8.96. The summed E-state index contributed by atoms with van der Waals surface area (Å²) in [5.74, 6) is -1.50. The van der Waals surface area contributed by atoms with Crippen molar-refractivity contribution in [3.63, 3.8) is 0 Å². The lowest BCUT2D eigenvalue weighted by Crippen LogP contribution is -2.54. The van der Waals surface area contributed by atoms with Gasteiger partial charge in [0.05, 0.1) is 17.0 Å². The SMILES string of the molecule is C[C@H](C(=O)NC(C)(C)C)N(Cc1ccc(F)cc1)C(=O)CN(c1ccc(Cl)cc1Cl)S(C)(=O)=O. The minimum absolute atomic E-state index is 0.0379. The fourth-order valence-corrected chi connectivity index (χ4v) is 4.54. The molecule has 0 radical (unpaired) electrons. The van der Waals surface area contributed by atoms with Crippen LogP contribution >= 0.6 is 23.2 Å². The summed E-state index contributed by atoms with van der Waals surface area (Å²) < 4.78 is 39.3. The molecule has 2 rings (SSSR count). The summed E-state index contributed by atoms with van der Waals surface area (Å²) in [7, 11) is -3.93. The summed E-state index contributed by atoms with van der Waals surface area (Å²) in [4.78, 5) is 27.5. The second kappa shape index (κ2) is 10.9. The van der Waals surface area contributed by atoms with Crippen molar-refractivity contribution in [1.82, 2.24) is 10.2 Å². The third kappa shape index (κ3) is 7.85. The third-order valence-electron chi connectivity index (χ3n) is 4.79. The summed E-state index contributed by atoms with van der Waals surface area (Å²) in [6.45, 7) is 6.31. The molecule has 0 bridgehead atoms. The normalized spacial score (nSPS) is 12.7. The van der Waals surface area contributed by atoms with Crippen LogP contribution in [0.3, 0.4) is 0 Å². The second-order valence-corrected chi connectivity index (χ2v) is 11.7. The highest BCUT2D eigenvalue weighted by atomic mass is 35.5. The van der Waals surface area contributed by atoms with Crippen molar-refractivity contribution in [2.75, 3.05) is 17.1 Å². The Morgan fingerprint density at radius 1 is 1.09 bits per heavy atom. The van der Waals surface area contributed by atoms with E-state index in [0.717, 1.165) is 10.6 Å². The highest BCUT2D eigenvalue weighted by Gasteiger charge is 2.32. The number of benzene rings is 2. The molecule has 0 aromatic heterocycles. The second-order valence-electron chi connectivity index (χ2n) is 8.93. The molecule has 0 saturated carbocycles. The van der Waals surface area contributed by atoms with E-state index in [0.29, 0.717) is 10.6 Å². The van der Waals surface area contributed by atoms with Crippen molar-refractivity contribution in [3.8, 4) is 0 Å². The number of nitrogens with one attached hydrogen (secondary N) is 1. The number of rotatable bonds is 8. The van der Waals surface area contributed by atoms with Crippen molar-refractivity contribution in [2.24, 2.45) is 0 Å². The monoisotopic (exact) mass is 531 g/mol. The Hall–Kier alpha value is -2.36. The highest BCUT2D eigenvalue weighted by Crippen LogP contribution is 2.30. The molecule has 0 spiro atoms. The maximum atomic E-state index is 13.4. The van der Waals surface area contributed by atoms with E-state index >= 15 is 0 Å². The zero-order valence-electron chi connectivity index (χ0n) is 19.6. The van der Waals surface area contributed by atoms with Gasteiger partial charge in [-0.2, -0.15) is 0 Å². The van der Waals surface area contributed by atoms with Crippen LogP contribution in [0, 0.1) is 5.82 Å². The molecule has 0 heterocycles. The minimum atomic E-state index is -3.93. The number of halogens is 3. The van der Waals surface area contributed by atoms with Gasteiger partial charge in [0.2, 0.25) is 21.8 Å². The van der Waals surface area contributed by atoms with Gasteiger partial charge in [-0.25, -0.2) is 12.8 Å². The van der Waals surface area contributed by atoms with E-state index in [1.165, 1.54) is 47.4 Å². The number of hydrogen-bond donors (Lipinski definition) is 1. The number of carbonyl (C=O) groups excluding carboxylic acids is 2. The van der Waals surface area contributed by atoms with Gasteiger partial charge >= 0.3 is 0 Å². The quantitative estimate of drug-likeness (QED) is 0.552. The first kappa shape index (κ1) is 27.9. The van der Waals surface area contributed by atoms with Gasteiger partial charge in [-0.15, -0.1) is 0 Å². The Morgan fingerprint density at radius 2 is 1.68 bits per heavy atom. The fraction of sp³-hybridized carbons (Fsp3) is 0.391. The first-order chi connectivity index (χ1) is 15.6. The van der Waals surface area contributed by atoms with Crippen LogP contribution in [0.15, 0.2) is 42.5 Å². The average molecular weight is 532 g/mol. The van der Waals surface area contributed by atoms with E-state index in [9.17, 15) is 22.4 Å². The molecular weight excluding hydrogens is 504 g/mol. The van der Waals surface area contributed by atoms with Crippen LogP contribution in [0.1, 0.15) is 33.3 Å². The number of sulfonamides is 1. The summed E-state index contributed by atoms with van der Waals surface area (Å²) in [5, 5.41) is 3.17. The zero-order valence-corrected chi connectivity index (χ0v) is 21.9. The number of nitrogens with zero attached hydrogens (tertiary/aromatic N) is 2. The Balaban J connectivity index is 2.43. The van der Waals surface area contributed by atoms with Crippen LogP contribution in [0.5, 0.6) is 0 Å². The van der Waals surface area contributed by atoms with Gasteiger partial charge in [-0.1, -0.05) is 35.3 Å². The van der Waals surface area contributed by atoms with Gasteiger partial charge in [0, 0.05) is 17.1 Å².